The van der Waals surface area contributed by atoms with E-state index in [9.17, 15) is 4.79 Å². The van der Waals surface area contributed by atoms with Crippen LogP contribution in [0.5, 0.6) is 0 Å². The number of aromatic amines is 1. The minimum atomic E-state index is -1.01. The van der Waals surface area contributed by atoms with E-state index in [1.54, 1.807) is 6.20 Å². The third-order valence-corrected chi connectivity index (χ3v) is 2.17. The Bertz CT molecular complexity index is 352. The molecule has 0 bridgehead atoms. The molecule has 5 nitrogen and oxygen atoms in total. The summed E-state index contributed by atoms with van der Waals surface area (Å²) in [5.41, 5.74) is 6.37. The first kappa shape index (κ1) is 11.7. The Morgan fingerprint density at radius 3 is 2.67 bits per heavy atom. The zero-order valence-electron chi connectivity index (χ0n) is 9.24. The van der Waals surface area contributed by atoms with E-state index >= 15 is 0 Å². The summed E-state index contributed by atoms with van der Waals surface area (Å²) in [6.07, 6.45) is 1.95. The highest BCUT2D eigenvalue weighted by Crippen LogP contribution is 2.19. The predicted octanol–water partition coefficient (Wildman–Crippen LogP) is 0.662. The van der Waals surface area contributed by atoms with Gasteiger partial charge >= 0.3 is 5.97 Å². The summed E-state index contributed by atoms with van der Waals surface area (Å²) in [6, 6.07) is -0.899. The van der Waals surface area contributed by atoms with Gasteiger partial charge in [0.05, 0.1) is 0 Å². The molecule has 0 aromatic carbocycles. The molecular weight excluding hydrogens is 194 g/mol. The van der Waals surface area contributed by atoms with Gasteiger partial charge in [0.1, 0.15) is 11.9 Å². The molecule has 0 aliphatic rings. The number of H-pyrrole nitrogens is 1. The van der Waals surface area contributed by atoms with Crippen molar-refractivity contribution in [3.8, 4) is 0 Å². The van der Waals surface area contributed by atoms with Gasteiger partial charge in [0, 0.05) is 23.7 Å². The second-order valence-electron chi connectivity index (χ2n) is 4.64. The molecule has 1 atom stereocenters. The van der Waals surface area contributed by atoms with Crippen molar-refractivity contribution in [2.45, 2.75) is 38.6 Å². The van der Waals surface area contributed by atoms with E-state index in [1.165, 1.54) is 0 Å². The molecule has 0 amide bonds. The lowest BCUT2D eigenvalue weighted by Crippen LogP contribution is -2.32. The molecule has 1 rings (SSSR count). The molecular formula is C10H17N3O2. The van der Waals surface area contributed by atoms with E-state index in [2.05, 4.69) is 30.7 Å². The summed E-state index contributed by atoms with van der Waals surface area (Å²) < 4.78 is 0. The molecule has 1 unspecified atom stereocenters. The summed E-state index contributed by atoms with van der Waals surface area (Å²) >= 11 is 0. The standard InChI is InChI=1S/C10H17N3O2/c1-10(2,3)7-5-12-8(13-7)4-6(11)9(14)15/h5-6H,4,11H2,1-3H3,(H,12,13)(H,14,15). The molecule has 5 heteroatoms. The number of carboxylic acid groups (broad SMARTS) is 1. The van der Waals surface area contributed by atoms with Crippen molar-refractivity contribution >= 4 is 5.97 Å². The number of aliphatic carboxylic acids is 1. The molecule has 0 spiro atoms. The Morgan fingerprint density at radius 1 is 1.67 bits per heavy atom. The lowest BCUT2D eigenvalue weighted by Gasteiger charge is -2.15. The van der Waals surface area contributed by atoms with Gasteiger partial charge < -0.3 is 15.8 Å². The molecule has 84 valence electrons. The smallest absolute Gasteiger partial charge is 0.320 e. The minimum absolute atomic E-state index is 0.0153. The molecule has 15 heavy (non-hydrogen) atoms. The maximum atomic E-state index is 10.5. The Kier molecular flexibility index (Phi) is 3.14. The molecule has 1 aromatic rings. The van der Waals surface area contributed by atoms with E-state index in [0.29, 0.717) is 5.82 Å². The van der Waals surface area contributed by atoms with Gasteiger partial charge in [0.15, 0.2) is 0 Å². The Balaban J connectivity index is 2.73. The SMILES string of the molecule is CC(C)(C)c1cnc(CC(N)C(=O)O)[nH]1. The number of hydrogen-bond acceptors (Lipinski definition) is 3. The quantitative estimate of drug-likeness (QED) is 0.685. The molecule has 0 radical (unpaired) electrons. The Labute approximate surface area is 88.7 Å². The van der Waals surface area contributed by atoms with E-state index in [1.807, 2.05) is 0 Å². The van der Waals surface area contributed by atoms with Gasteiger partial charge in [0.25, 0.3) is 0 Å². The number of carbonyl (C=O) groups is 1. The van der Waals surface area contributed by atoms with E-state index < -0.39 is 12.0 Å². The topological polar surface area (TPSA) is 92.0 Å². The second-order valence-corrected chi connectivity index (χ2v) is 4.64. The van der Waals surface area contributed by atoms with Crippen LogP contribution in [0.4, 0.5) is 0 Å². The van der Waals surface area contributed by atoms with Gasteiger partial charge in [0.2, 0.25) is 0 Å². The zero-order chi connectivity index (χ0) is 11.6. The van der Waals surface area contributed by atoms with Crippen LogP contribution in [-0.4, -0.2) is 27.1 Å². The molecule has 1 aromatic heterocycles. The normalized spacial score (nSPS) is 13.9. The van der Waals surface area contributed by atoms with Gasteiger partial charge in [-0.3, -0.25) is 4.79 Å². The molecule has 0 aliphatic heterocycles. The molecule has 4 N–H and O–H groups in total. The van der Waals surface area contributed by atoms with Crippen molar-refractivity contribution in [1.82, 2.24) is 9.97 Å². The first-order valence-electron chi connectivity index (χ1n) is 4.83. The molecule has 0 aliphatic carbocycles. The predicted molar refractivity (Wildman–Crippen MR) is 56.6 cm³/mol. The number of nitrogens with one attached hydrogen (secondary N) is 1. The largest absolute Gasteiger partial charge is 0.480 e. The minimum Gasteiger partial charge on any atom is -0.480 e. The second kappa shape index (κ2) is 4.02. The van der Waals surface area contributed by atoms with Crippen molar-refractivity contribution < 1.29 is 9.90 Å². The number of nitrogens with two attached hydrogens (primary N) is 1. The third kappa shape index (κ3) is 3.06. The average Bonchev–Trinajstić information content (AvgIpc) is 2.51. The highest BCUT2D eigenvalue weighted by atomic mass is 16.4. The molecule has 0 saturated heterocycles. The van der Waals surface area contributed by atoms with Crippen molar-refractivity contribution in [3.05, 3.63) is 17.7 Å². The number of hydrogen-bond donors (Lipinski definition) is 3. The van der Waals surface area contributed by atoms with Crippen LogP contribution in [0, 0.1) is 0 Å². The Morgan fingerprint density at radius 2 is 2.27 bits per heavy atom. The Hall–Kier alpha value is -1.36. The van der Waals surface area contributed by atoms with Gasteiger partial charge in [-0.25, -0.2) is 4.98 Å². The summed E-state index contributed by atoms with van der Waals surface area (Å²) in [6.45, 7) is 6.17. The van der Waals surface area contributed by atoms with Crippen LogP contribution >= 0.6 is 0 Å². The van der Waals surface area contributed by atoms with Gasteiger partial charge in [-0.05, 0) is 0 Å². The van der Waals surface area contributed by atoms with E-state index in [0.717, 1.165) is 5.69 Å². The summed E-state index contributed by atoms with van der Waals surface area (Å²) in [4.78, 5) is 17.7. The van der Waals surface area contributed by atoms with Crippen LogP contribution in [0.15, 0.2) is 6.20 Å². The summed E-state index contributed by atoms with van der Waals surface area (Å²) in [5.74, 6) is -0.390. The monoisotopic (exact) mass is 211 g/mol. The number of aromatic nitrogens is 2. The van der Waals surface area contributed by atoms with Crippen LogP contribution < -0.4 is 5.73 Å². The summed E-state index contributed by atoms with van der Waals surface area (Å²) in [5, 5.41) is 8.64. The van der Waals surface area contributed by atoms with E-state index in [-0.39, 0.29) is 11.8 Å². The lowest BCUT2D eigenvalue weighted by molar-refractivity contribution is -0.138. The average molecular weight is 211 g/mol. The van der Waals surface area contributed by atoms with Crippen molar-refractivity contribution in [2.75, 3.05) is 0 Å². The van der Waals surface area contributed by atoms with Crippen LogP contribution in [0.2, 0.25) is 0 Å². The molecule has 0 saturated carbocycles. The van der Waals surface area contributed by atoms with Crippen LogP contribution in [0.3, 0.4) is 0 Å². The fourth-order valence-electron chi connectivity index (χ4n) is 1.14. The van der Waals surface area contributed by atoms with Gasteiger partial charge in [-0.1, -0.05) is 20.8 Å². The van der Waals surface area contributed by atoms with Gasteiger partial charge in [-0.15, -0.1) is 0 Å². The zero-order valence-corrected chi connectivity index (χ0v) is 9.24. The maximum absolute atomic E-state index is 10.5. The third-order valence-electron chi connectivity index (χ3n) is 2.17. The highest BCUT2D eigenvalue weighted by Gasteiger charge is 2.19. The van der Waals surface area contributed by atoms with E-state index in [4.69, 9.17) is 10.8 Å². The van der Waals surface area contributed by atoms with Crippen molar-refractivity contribution in [2.24, 2.45) is 5.73 Å². The van der Waals surface area contributed by atoms with Crippen LogP contribution in [-0.2, 0) is 16.6 Å². The lowest BCUT2D eigenvalue weighted by atomic mass is 9.93. The highest BCUT2D eigenvalue weighted by molar-refractivity contribution is 5.73. The fraction of sp³-hybridized carbons (Fsp3) is 0.600. The molecule has 0 fully saturated rings. The van der Waals surface area contributed by atoms with Crippen molar-refractivity contribution in [3.63, 3.8) is 0 Å². The van der Waals surface area contributed by atoms with Gasteiger partial charge in [-0.2, -0.15) is 0 Å². The van der Waals surface area contributed by atoms with Crippen molar-refractivity contribution in [1.29, 1.82) is 0 Å². The van der Waals surface area contributed by atoms with Crippen LogP contribution in [0.1, 0.15) is 32.3 Å². The number of rotatable bonds is 3. The first-order valence-corrected chi connectivity index (χ1v) is 4.83. The fourth-order valence-corrected chi connectivity index (χ4v) is 1.14. The molecule has 1 heterocycles. The number of imidazole rings is 1. The first-order chi connectivity index (χ1) is 6.80. The van der Waals surface area contributed by atoms with Crippen LogP contribution in [0.25, 0.3) is 0 Å². The summed E-state index contributed by atoms with van der Waals surface area (Å²) in [7, 11) is 0. The number of carboxylic acids is 1. The number of nitrogens with zero attached hydrogens (tertiary/aromatic N) is 1. The maximum Gasteiger partial charge on any atom is 0.320 e.